The van der Waals surface area contributed by atoms with Crippen molar-refractivity contribution in [3.8, 4) is 28.9 Å². The van der Waals surface area contributed by atoms with Gasteiger partial charge < -0.3 is 23.7 Å². The number of halogens is 2. The molecule has 0 saturated carbocycles. The zero-order chi connectivity index (χ0) is 26.2. The topological polar surface area (TPSA) is 93.2 Å². The van der Waals surface area contributed by atoms with Crippen LogP contribution in [0.5, 0.6) is 28.9 Å². The molecule has 3 aromatic rings. The first-order chi connectivity index (χ1) is 17.1. The predicted molar refractivity (Wildman–Crippen MR) is 129 cm³/mol. The largest absolute Gasteiger partial charge is 0.479 e. The van der Waals surface area contributed by atoms with Gasteiger partial charge in [-0.1, -0.05) is 11.6 Å². The minimum atomic E-state index is -0.922. The lowest BCUT2D eigenvalue weighted by Crippen LogP contribution is -2.28. The van der Waals surface area contributed by atoms with Gasteiger partial charge in [0.25, 0.3) is 5.88 Å². The summed E-state index contributed by atoms with van der Waals surface area (Å²) in [4.78, 5) is 28.1. The first-order valence-corrected chi connectivity index (χ1v) is 11.4. The molecule has 3 rings (SSSR count). The van der Waals surface area contributed by atoms with E-state index >= 15 is 0 Å². The Labute approximate surface area is 212 Å². The summed E-state index contributed by atoms with van der Waals surface area (Å²) in [6.45, 7) is 6.64. The van der Waals surface area contributed by atoms with Gasteiger partial charge >= 0.3 is 11.9 Å². The Hall–Kier alpha value is -3.85. The molecule has 0 aliphatic heterocycles. The van der Waals surface area contributed by atoms with Crippen LogP contribution in [0.25, 0.3) is 0 Å². The summed E-state index contributed by atoms with van der Waals surface area (Å²) < 4.78 is 40.8. The van der Waals surface area contributed by atoms with Gasteiger partial charge in [-0.3, -0.25) is 0 Å². The molecule has 0 aliphatic rings. The van der Waals surface area contributed by atoms with Gasteiger partial charge in [0, 0.05) is 6.20 Å². The molecule has 2 atom stereocenters. The molecule has 0 saturated heterocycles. The van der Waals surface area contributed by atoms with E-state index in [4.69, 9.17) is 35.3 Å². The Morgan fingerprint density at radius 2 is 1.31 bits per heavy atom. The number of aromatic nitrogens is 1. The van der Waals surface area contributed by atoms with E-state index in [1.807, 2.05) is 0 Å². The smallest absolute Gasteiger partial charge is 0.352 e. The average molecular weight is 518 g/mol. The molecule has 36 heavy (non-hydrogen) atoms. The van der Waals surface area contributed by atoms with Crippen LogP contribution >= 0.6 is 11.6 Å². The molecule has 0 amide bonds. The van der Waals surface area contributed by atoms with E-state index in [0.717, 1.165) is 6.07 Å². The van der Waals surface area contributed by atoms with Crippen molar-refractivity contribution in [1.29, 1.82) is 0 Å². The van der Waals surface area contributed by atoms with Crippen LogP contribution < -0.4 is 18.9 Å². The Kier molecular flexibility index (Phi) is 9.08. The van der Waals surface area contributed by atoms with Crippen molar-refractivity contribution in [2.45, 2.75) is 46.0 Å². The molecule has 0 N–H and O–H groups in total. The number of rotatable bonds is 10. The molecule has 1 aromatic heterocycles. The lowest BCUT2D eigenvalue weighted by atomic mass is 10.3. The van der Waals surface area contributed by atoms with Gasteiger partial charge in [0.1, 0.15) is 23.0 Å². The first kappa shape index (κ1) is 26.7. The van der Waals surface area contributed by atoms with E-state index in [-0.39, 0.29) is 22.8 Å². The summed E-state index contributed by atoms with van der Waals surface area (Å²) in [5, 5.41) is 0.159. The SMILES string of the molecule is CC(C)OC(=O)[C@@H](C)Oc1ccc(OC(=O)[C@@H](C)Oc2ccc(Oc3ncc(Cl)cc3F)cc2)cc1. The fourth-order valence-corrected chi connectivity index (χ4v) is 2.94. The molecule has 0 unspecified atom stereocenters. The van der Waals surface area contributed by atoms with Gasteiger partial charge in [0.15, 0.2) is 18.0 Å². The van der Waals surface area contributed by atoms with Gasteiger partial charge in [0.2, 0.25) is 0 Å². The molecule has 1 heterocycles. The Balaban J connectivity index is 1.50. The predicted octanol–water partition coefficient (Wildman–Crippen LogP) is 5.76. The number of benzene rings is 2. The van der Waals surface area contributed by atoms with Gasteiger partial charge in [-0.05, 0) is 82.3 Å². The van der Waals surface area contributed by atoms with Crippen molar-refractivity contribution in [1.82, 2.24) is 4.98 Å². The highest BCUT2D eigenvalue weighted by atomic mass is 35.5. The van der Waals surface area contributed by atoms with Crippen molar-refractivity contribution >= 4 is 23.5 Å². The molecule has 0 radical (unpaired) electrons. The maximum absolute atomic E-state index is 13.8. The molecule has 10 heteroatoms. The minimum absolute atomic E-state index is 0.159. The number of carbonyl (C=O) groups is 2. The van der Waals surface area contributed by atoms with Crippen LogP contribution in [0, 0.1) is 5.82 Å². The molecular weight excluding hydrogens is 493 g/mol. The third kappa shape index (κ3) is 7.84. The number of nitrogens with zero attached hydrogens (tertiary/aromatic N) is 1. The lowest BCUT2D eigenvalue weighted by Gasteiger charge is -2.16. The van der Waals surface area contributed by atoms with Crippen LogP contribution in [0.15, 0.2) is 60.8 Å². The second-order valence-electron chi connectivity index (χ2n) is 7.91. The number of hydrogen-bond acceptors (Lipinski definition) is 8. The monoisotopic (exact) mass is 517 g/mol. The fourth-order valence-electron chi connectivity index (χ4n) is 2.79. The quantitative estimate of drug-likeness (QED) is 0.247. The number of carbonyl (C=O) groups excluding carboxylic acids is 2. The van der Waals surface area contributed by atoms with Gasteiger partial charge in [-0.15, -0.1) is 0 Å². The highest BCUT2D eigenvalue weighted by Gasteiger charge is 2.19. The van der Waals surface area contributed by atoms with Crippen LogP contribution in [-0.2, 0) is 14.3 Å². The fraction of sp³-hybridized carbons (Fsp3) is 0.269. The minimum Gasteiger partial charge on any atom is -0.479 e. The van der Waals surface area contributed by atoms with E-state index in [1.165, 1.54) is 18.3 Å². The number of pyridine rings is 1. The van der Waals surface area contributed by atoms with Gasteiger partial charge in [0.05, 0.1) is 11.1 Å². The summed E-state index contributed by atoms with van der Waals surface area (Å²) >= 11 is 5.68. The summed E-state index contributed by atoms with van der Waals surface area (Å²) in [5.74, 6) is -0.606. The van der Waals surface area contributed by atoms with Crippen LogP contribution in [0.4, 0.5) is 4.39 Å². The van der Waals surface area contributed by atoms with Gasteiger partial charge in [-0.25, -0.2) is 19.0 Å². The Morgan fingerprint density at radius 1 is 0.806 bits per heavy atom. The van der Waals surface area contributed by atoms with Crippen molar-refractivity contribution in [3.05, 3.63) is 71.6 Å². The molecule has 8 nitrogen and oxygen atoms in total. The number of esters is 2. The second kappa shape index (κ2) is 12.2. The van der Waals surface area contributed by atoms with E-state index in [0.29, 0.717) is 17.2 Å². The number of ether oxygens (including phenoxy) is 5. The highest BCUT2D eigenvalue weighted by molar-refractivity contribution is 6.30. The van der Waals surface area contributed by atoms with Crippen molar-refractivity contribution in [2.75, 3.05) is 0 Å². The van der Waals surface area contributed by atoms with Crippen molar-refractivity contribution in [3.63, 3.8) is 0 Å². The standard InChI is InChI=1S/C26H25ClFNO7/c1-15(2)32-25(30)16(3)33-20-7-11-22(12-8-20)36-26(31)17(4)34-19-5-9-21(10-6-19)35-24-23(28)13-18(27)14-29-24/h5-17H,1-4H3/t16-,17-/m1/s1. The normalized spacial score (nSPS) is 12.4. The zero-order valence-electron chi connectivity index (χ0n) is 20.1. The molecule has 190 valence electrons. The van der Waals surface area contributed by atoms with Crippen molar-refractivity contribution < 1.29 is 37.7 Å². The summed E-state index contributed by atoms with van der Waals surface area (Å²) in [6.07, 6.45) is -0.672. The maximum atomic E-state index is 13.8. The van der Waals surface area contributed by atoms with Crippen LogP contribution in [0.1, 0.15) is 27.7 Å². The highest BCUT2D eigenvalue weighted by Crippen LogP contribution is 2.26. The molecule has 0 fully saturated rings. The first-order valence-electron chi connectivity index (χ1n) is 11.0. The molecule has 0 aliphatic carbocycles. The zero-order valence-corrected chi connectivity index (χ0v) is 20.8. The van der Waals surface area contributed by atoms with Gasteiger partial charge in [-0.2, -0.15) is 0 Å². The summed E-state index contributed by atoms with van der Waals surface area (Å²) in [6, 6.07) is 13.5. The van der Waals surface area contributed by atoms with E-state index in [2.05, 4.69) is 4.98 Å². The van der Waals surface area contributed by atoms with Crippen LogP contribution in [-0.4, -0.2) is 35.2 Å². The van der Waals surface area contributed by atoms with E-state index in [1.54, 1.807) is 64.1 Å². The lowest BCUT2D eigenvalue weighted by molar-refractivity contribution is -0.154. The van der Waals surface area contributed by atoms with Crippen LogP contribution in [0.3, 0.4) is 0 Å². The third-order valence-corrected chi connectivity index (χ3v) is 4.70. The summed E-state index contributed by atoms with van der Waals surface area (Å²) in [5.41, 5.74) is 0. The number of hydrogen-bond donors (Lipinski definition) is 0. The van der Waals surface area contributed by atoms with E-state index in [9.17, 15) is 14.0 Å². The molecule has 0 spiro atoms. The second-order valence-corrected chi connectivity index (χ2v) is 8.35. The average Bonchev–Trinajstić information content (AvgIpc) is 2.82. The Morgan fingerprint density at radius 3 is 1.83 bits per heavy atom. The van der Waals surface area contributed by atoms with Crippen LogP contribution in [0.2, 0.25) is 5.02 Å². The molecule has 2 aromatic carbocycles. The summed E-state index contributed by atoms with van der Waals surface area (Å²) in [7, 11) is 0. The maximum Gasteiger partial charge on any atom is 0.352 e. The third-order valence-electron chi connectivity index (χ3n) is 4.50. The molecular formula is C26H25ClFNO7. The van der Waals surface area contributed by atoms with E-state index < -0.39 is 30.0 Å². The molecule has 0 bridgehead atoms. The van der Waals surface area contributed by atoms with Crippen molar-refractivity contribution in [2.24, 2.45) is 0 Å². The Bertz CT molecular complexity index is 1190.